The Labute approximate surface area is 39.8 Å². The highest BCUT2D eigenvalue weighted by atomic mass is 27.0. The molecule has 0 aromatic rings. The van der Waals surface area contributed by atoms with E-state index < -0.39 is 0 Å². The smallest absolute Gasteiger partial charge is 0.0425 e. The zero-order valence-electron chi connectivity index (χ0n) is 2.50. The van der Waals surface area contributed by atoms with Crippen LogP contribution in [0.25, 0.3) is 0 Å². The molecule has 0 aliphatic heterocycles. The monoisotopic (exact) mass is 88.0 g/mol. The van der Waals surface area contributed by atoms with Gasteiger partial charge in [-0.3, -0.25) is 0 Å². The quantitative estimate of drug-likeness (QED) is 0.178. The van der Waals surface area contributed by atoms with Crippen LogP contribution in [-0.4, -0.2) is 22.6 Å². The van der Waals surface area contributed by atoms with Gasteiger partial charge >= 0.3 is 0 Å². The lowest BCUT2D eigenvalue weighted by Crippen LogP contribution is -1.70. The van der Waals surface area contributed by atoms with Crippen molar-refractivity contribution in [2.45, 2.75) is 0 Å². The van der Waals surface area contributed by atoms with Gasteiger partial charge in [-0.05, 0) is 5.22 Å². The van der Waals surface area contributed by atoms with Crippen molar-refractivity contribution in [2.75, 3.05) is 0 Å². The number of hydrogen-bond acceptors (Lipinski definition) is 2. The molecule has 0 amide bonds. The van der Waals surface area contributed by atoms with E-state index in [1.54, 1.807) is 0 Å². The Bertz CT molecular complexity index is 22.1. The van der Waals surface area contributed by atoms with Crippen LogP contribution in [0.15, 0.2) is 10.5 Å². The fraction of sp³-hybridized carbons (Fsp3) is 0. The van der Waals surface area contributed by atoms with Crippen LogP contribution in [-0.2, 0) is 0 Å². The molecule has 0 heterocycles. The van der Waals surface area contributed by atoms with Gasteiger partial charge in [0.15, 0.2) is 0 Å². The summed E-state index contributed by atoms with van der Waals surface area (Å²) in [5, 5.41) is 11.8. The molecule has 0 fully saturated rings. The van der Waals surface area contributed by atoms with Crippen molar-refractivity contribution in [3.8, 4) is 0 Å². The minimum atomic E-state index is 0. The first-order valence-corrected chi connectivity index (χ1v) is 0.658. The van der Waals surface area contributed by atoms with E-state index >= 15 is 0 Å². The lowest BCUT2D eigenvalue weighted by Gasteiger charge is -1.54. The van der Waals surface area contributed by atoms with Gasteiger partial charge in [-0.25, -0.2) is 0 Å². The highest BCUT2D eigenvalue weighted by molar-refractivity contribution is 5.75. The molecule has 0 aliphatic carbocycles. The molecule has 0 aromatic carbocycles. The zero-order valence-corrected chi connectivity index (χ0v) is 3.65. The largest absolute Gasteiger partial charge is 0.393 e. The Morgan fingerprint density at radius 2 is 1.80 bits per heavy atom. The molecule has 5 heavy (non-hydrogen) atoms. The highest BCUT2D eigenvalue weighted by Crippen LogP contribution is 1.40. The van der Waals surface area contributed by atoms with Crippen molar-refractivity contribution in [3.63, 3.8) is 0 Å². The topological polar surface area (TPSA) is 71.0 Å². The second-order valence-electron chi connectivity index (χ2n) is 0.205. The van der Waals surface area contributed by atoms with Gasteiger partial charge in [0, 0.05) is 22.6 Å². The molecule has 0 saturated carbocycles. The summed E-state index contributed by atoms with van der Waals surface area (Å²) in [7, 11) is 0. The predicted octanol–water partition coefficient (Wildman–Crippen LogP) is -0.679. The van der Waals surface area contributed by atoms with Gasteiger partial charge in [0.05, 0.1) is 0 Å². The maximum Gasteiger partial charge on any atom is 0.0425 e. The number of hydrogen-bond donors (Lipinski definition) is 2. The molecule has 0 saturated heterocycles. The summed E-state index contributed by atoms with van der Waals surface area (Å²) in [4.78, 5) is 0. The van der Waals surface area contributed by atoms with Gasteiger partial charge in [0.25, 0.3) is 0 Å². The standard InChI is InChI=1S/Al.H3N3O/c;1-2-3-4/h;(H2,1,3)(H,2,4). The third-order valence-corrected chi connectivity index (χ3v) is 0.0516. The average molecular weight is 88.0 g/mol. The molecule has 3 radical (unpaired) electrons. The summed E-state index contributed by atoms with van der Waals surface area (Å²) in [6.45, 7) is 0. The van der Waals surface area contributed by atoms with Crippen molar-refractivity contribution in [3.05, 3.63) is 0 Å². The second-order valence-corrected chi connectivity index (χ2v) is 0.205. The second kappa shape index (κ2) is 9.28. The molecule has 0 aromatic heterocycles. The predicted molar refractivity (Wildman–Crippen MR) is 16.6 cm³/mol. The van der Waals surface area contributed by atoms with Crippen LogP contribution in [0.2, 0.25) is 0 Å². The molecule has 0 bridgehead atoms. The van der Waals surface area contributed by atoms with Gasteiger partial charge in [-0.15, -0.1) is 0 Å². The number of rotatable bonds is 0. The fourth-order valence-electron chi connectivity index (χ4n) is 0. The maximum absolute atomic E-state index is 7.21. The first-order valence-electron chi connectivity index (χ1n) is 0.658. The Balaban J connectivity index is 0. The van der Waals surface area contributed by atoms with Crippen molar-refractivity contribution >= 4 is 17.4 Å². The molecule has 3 N–H and O–H groups in total. The normalized spacial score (nSPS) is 7.20. The average Bonchev–Trinajstić information content (AvgIpc) is 1.37. The minimum absolute atomic E-state index is 0. The maximum atomic E-state index is 7.21. The van der Waals surface area contributed by atoms with E-state index in [1.165, 1.54) is 0 Å². The molecule has 0 aliphatic rings. The Morgan fingerprint density at radius 3 is 1.80 bits per heavy atom. The first-order chi connectivity index (χ1) is 1.91. The number of nitrogens with zero attached hydrogens (tertiary/aromatic N) is 2. The van der Waals surface area contributed by atoms with Crippen LogP contribution in [0.1, 0.15) is 0 Å². The summed E-state index contributed by atoms with van der Waals surface area (Å²) in [6, 6.07) is 0. The third kappa shape index (κ3) is 20.9. The van der Waals surface area contributed by atoms with E-state index in [2.05, 4.69) is 16.3 Å². The highest BCUT2D eigenvalue weighted by Gasteiger charge is 1.31. The van der Waals surface area contributed by atoms with E-state index in [-0.39, 0.29) is 17.4 Å². The SMILES string of the molecule is NN=NO.[Al]. The van der Waals surface area contributed by atoms with E-state index in [9.17, 15) is 0 Å². The summed E-state index contributed by atoms with van der Waals surface area (Å²) in [6.07, 6.45) is 0. The Morgan fingerprint density at radius 1 is 1.60 bits per heavy atom. The van der Waals surface area contributed by atoms with E-state index in [0.717, 1.165) is 0 Å². The molecular formula is H3AlN3O. The molecule has 27 valence electrons. The van der Waals surface area contributed by atoms with Gasteiger partial charge in [0.2, 0.25) is 0 Å². The van der Waals surface area contributed by atoms with Crippen LogP contribution >= 0.6 is 0 Å². The van der Waals surface area contributed by atoms with E-state index in [4.69, 9.17) is 5.21 Å². The molecule has 0 atom stereocenters. The minimum Gasteiger partial charge on any atom is -0.393 e. The summed E-state index contributed by atoms with van der Waals surface area (Å²) < 4.78 is 0. The summed E-state index contributed by atoms with van der Waals surface area (Å²) in [5.74, 6) is 4.24. The van der Waals surface area contributed by atoms with Gasteiger partial charge in [0.1, 0.15) is 0 Å². The Kier molecular flexibility index (Phi) is 16.4. The molecule has 0 rings (SSSR count). The van der Waals surface area contributed by atoms with Crippen molar-refractivity contribution in [2.24, 2.45) is 16.3 Å². The van der Waals surface area contributed by atoms with Crippen LogP contribution in [0.5, 0.6) is 0 Å². The molecule has 5 heteroatoms. The van der Waals surface area contributed by atoms with Crippen molar-refractivity contribution in [1.29, 1.82) is 0 Å². The first kappa shape index (κ1) is 8.83. The molecular weight excluding hydrogens is 85.0 g/mol. The van der Waals surface area contributed by atoms with Crippen molar-refractivity contribution < 1.29 is 5.21 Å². The third-order valence-electron chi connectivity index (χ3n) is 0.0516. The summed E-state index contributed by atoms with van der Waals surface area (Å²) >= 11 is 0. The van der Waals surface area contributed by atoms with Crippen LogP contribution in [0.3, 0.4) is 0 Å². The van der Waals surface area contributed by atoms with Crippen LogP contribution < -0.4 is 5.84 Å². The van der Waals surface area contributed by atoms with Crippen LogP contribution in [0.4, 0.5) is 0 Å². The van der Waals surface area contributed by atoms with Gasteiger partial charge in [-0.2, -0.15) is 0 Å². The van der Waals surface area contributed by atoms with Crippen molar-refractivity contribution in [1.82, 2.24) is 0 Å². The van der Waals surface area contributed by atoms with E-state index in [1.807, 2.05) is 0 Å². The summed E-state index contributed by atoms with van der Waals surface area (Å²) in [5.41, 5.74) is 0. The zero-order chi connectivity index (χ0) is 3.41. The van der Waals surface area contributed by atoms with Gasteiger partial charge in [-0.1, -0.05) is 0 Å². The molecule has 0 unspecified atom stereocenters. The van der Waals surface area contributed by atoms with E-state index in [0.29, 0.717) is 0 Å². The van der Waals surface area contributed by atoms with Gasteiger partial charge < -0.3 is 11.0 Å². The Hall–Kier alpha value is -0.268. The fourth-order valence-corrected chi connectivity index (χ4v) is 0. The number of nitrogens with two attached hydrogens (primary N) is 1. The lowest BCUT2D eigenvalue weighted by molar-refractivity contribution is 0.281. The molecule has 0 spiro atoms. The lowest BCUT2D eigenvalue weighted by atomic mass is 12.7. The van der Waals surface area contributed by atoms with Crippen LogP contribution in [0, 0.1) is 0 Å². The molecule has 4 nitrogen and oxygen atoms in total.